The summed E-state index contributed by atoms with van der Waals surface area (Å²) in [6.07, 6.45) is 0.101. The summed E-state index contributed by atoms with van der Waals surface area (Å²) < 4.78 is 0. The largest absolute Gasteiger partial charge is 1.00 e. The molecule has 0 spiro atoms. The van der Waals surface area contributed by atoms with Crippen LogP contribution < -0.4 is 85.3 Å². The Morgan fingerprint density at radius 1 is 0.758 bits per heavy atom. The molecule has 162 valence electrons. The first-order valence-electron chi connectivity index (χ1n) is 9.71. The number of hydrogen-bond acceptors (Lipinski definition) is 7. The maximum absolute atomic E-state index is 12.9. The van der Waals surface area contributed by atoms with E-state index in [2.05, 4.69) is 16.0 Å². The quantitative estimate of drug-likeness (QED) is 0.230. The zero-order chi connectivity index (χ0) is 22.4. The van der Waals surface area contributed by atoms with Gasteiger partial charge in [-0.1, -0.05) is 60.7 Å². The van der Waals surface area contributed by atoms with Gasteiger partial charge in [-0.25, -0.2) is 0 Å². The Hall–Kier alpha value is -1.72. The van der Waals surface area contributed by atoms with E-state index in [-0.39, 0.29) is 72.0 Å². The van der Waals surface area contributed by atoms with Crippen molar-refractivity contribution in [3.63, 3.8) is 0 Å². The number of nitrogens with one attached hydrogen (secondary N) is 3. The second-order valence-electron chi connectivity index (χ2n) is 7.26. The van der Waals surface area contributed by atoms with Crippen molar-refractivity contribution >= 4 is 23.8 Å². The smallest absolute Gasteiger partial charge is 0.548 e. The molecule has 9 nitrogen and oxygen atoms in total. The van der Waals surface area contributed by atoms with Crippen molar-refractivity contribution in [3.05, 3.63) is 71.8 Å². The van der Waals surface area contributed by atoms with Gasteiger partial charge in [-0.05, 0) is 17.5 Å². The van der Waals surface area contributed by atoms with Crippen LogP contribution in [0.3, 0.4) is 0 Å². The molecule has 2 amide bonds. The minimum absolute atomic E-state index is 0. The van der Waals surface area contributed by atoms with Crippen LogP contribution in [0.15, 0.2) is 60.7 Å². The summed E-state index contributed by atoms with van der Waals surface area (Å²) in [5.41, 5.74) is 1.43. The summed E-state index contributed by atoms with van der Waals surface area (Å²) in [4.78, 5) is 47.7. The van der Waals surface area contributed by atoms with Gasteiger partial charge in [0.2, 0.25) is 11.8 Å². The summed E-state index contributed by atoms with van der Waals surface area (Å²) in [6.45, 7) is 0. The van der Waals surface area contributed by atoms with Gasteiger partial charge < -0.3 is 30.4 Å². The maximum Gasteiger partial charge on any atom is 1.00 e. The molecular weight excluding hydrogens is 448 g/mol. The SMILES string of the molecule is O=C([O-])[C@H](Cc1ccccc1)NC(=O)[C@H](Cc1ccccc1)NC(=O)[C@H]1N[C@@H]1C(=O)[O-].[Na+].[Na+]. The number of carbonyl (C=O) groups is 4. The Bertz CT molecular complexity index is 961. The normalized spacial score (nSPS) is 17.8. The van der Waals surface area contributed by atoms with Gasteiger partial charge in [-0.2, -0.15) is 0 Å². The van der Waals surface area contributed by atoms with Crippen molar-refractivity contribution in [2.45, 2.75) is 37.0 Å². The molecule has 11 heteroatoms. The Kier molecular flexibility index (Phi) is 12.3. The van der Waals surface area contributed by atoms with Crippen LogP contribution in [-0.4, -0.2) is 47.9 Å². The monoisotopic (exact) mass is 469 g/mol. The number of hydrogen-bond donors (Lipinski definition) is 3. The summed E-state index contributed by atoms with van der Waals surface area (Å²) in [7, 11) is 0. The summed E-state index contributed by atoms with van der Waals surface area (Å²) >= 11 is 0. The van der Waals surface area contributed by atoms with Gasteiger partial charge in [0.05, 0.1) is 24.0 Å². The summed E-state index contributed by atoms with van der Waals surface area (Å²) in [5.74, 6) is -4.27. The molecule has 3 N–H and O–H groups in total. The molecule has 0 aliphatic carbocycles. The van der Waals surface area contributed by atoms with Crippen molar-refractivity contribution in [1.82, 2.24) is 16.0 Å². The minimum Gasteiger partial charge on any atom is -0.548 e. The molecule has 1 aliphatic heterocycles. The second kappa shape index (κ2) is 13.9. The molecule has 33 heavy (non-hydrogen) atoms. The fourth-order valence-corrected chi connectivity index (χ4v) is 3.21. The van der Waals surface area contributed by atoms with Crippen molar-refractivity contribution in [2.75, 3.05) is 0 Å². The predicted molar refractivity (Wildman–Crippen MR) is 105 cm³/mol. The fraction of sp³-hybridized carbons (Fsp3) is 0.273. The first-order chi connectivity index (χ1) is 14.8. The van der Waals surface area contributed by atoms with Crippen LogP contribution >= 0.6 is 0 Å². The maximum atomic E-state index is 12.9. The third-order valence-corrected chi connectivity index (χ3v) is 4.92. The van der Waals surface area contributed by atoms with Gasteiger partial charge in [0.15, 0.2) is 0 Å². The third-order valence-electron chi connectivity index (χ3n) is 4.92. The van der Waals surface area contributed by atoms with E-state index < -0.39 is 47.9 Å². The van der Waals surface area contributed by atoms with Crippen LogP contribution in [0.25, 0.3) is 0 Å². The zero-order valence-corrected chi connectivity index (χ0v) is 22.4. The van der Waals surface area contributed by atoms with Gasteiger partial charge >= 0.3 is 59.1 Å². The predicted octanol–water partition coefficient (Wildman–Crippen LogP) is -8.71. The number of aliphatic carboxylic acids is 2. The second-order valence-corrected chi connectivity index (χ2v) is 7.26. The van der Waals surface area contributed by atoms with Gasteiger partial charge in [-0.3, -0.25) is 14.9 Å². The van der Waals surface area contributed by atoms with Crippen molar-refractivity contribution < 1.29 is 88.5 Å². The van der Waals surface area contributed by atoms with Crippen LogP contribution in [0.5, 0.6) is 0 Å². The Morgan fingerprint density at radius 3 is 1.67 bits per heavy atom. The van der Waals surface area contributed by atoms with Crippen molar-refractivity contribution in [3.8, 4) is 0 Å². The zero-order valence-electron chi connectivity index (χ0n) is 18.4. The molecule has 4 atom stereocenters. The first kappa shape index (κ1) is 29.3. The van der Waals surface area contributed by atoms with E-state index in [0.29, 0.717) is 5.56 Å². The van der Waals surface area contributed by atoms with E-state index in [4.69, 9.17) is 0 Å². The number of carbonyl (C=O) groups excluding carboxylic acids is 4. The average molecular weight is 469 g/mol. The van der Waals surface area contributed by atoms with Gasteiger partial charge in [0, 0.05) is 6.42 Å². The molecule has 0 aromatic heterocycles. The Morgan fingerprint density at radius 2 is 1.24 bits per heavy atom. The van der Waals surface area contributed by atoms with Crippen LogP contribution in [0.2, 0.25) is 0 Å². The van der Waals surface area contributed by atoms with E-state index in [0.717, 1.165) is 5.56 Å². The number of amides is 2. The molecule has 3 rings (SSSR count). The molecule has 1 heterocycles. The summed E-state index contributed by atoms with van der Waals surface area (Å²) in [6, 6.07) is 13.0. The standard InChI is InChI=1S/C22H23N3O6.2Na/c26-19(24-16(21(28)29)12-14-9-5-2-6-10-14)15(11-13-7-3-1-4-8-13)23-20(27)17-18(25-17)22(30)31;;/h1-10,15-18,25H,11-12H2,(H,23,27)(H,24,26)(H,28,29)(H,30,31);;/q;2*+1/p-2/t15-,16-,17-,18-;;/m0../s1. The molecule has 0 unspecified atom stereocenters. The molecule has 2 aromatic rings. The molecule has 1 fully saturated rings. The van der Waals surface area contributed by atoms with Crippen molar-refractivity contribution in [2.24, 2.45) is 0 Å². The number of carboxylic acid groups (broad SMARTS) is 2. The van der Waals surface area contributed by atoms with E-state index in [1.807, 2.05) is 0 Å². The number of carboxylic acids is 2. The fourth-order valence-electron chi connectivity index (χ4n) is 3.21. The molecule has 0 radical (unpaired) electrons. The van der Waals surface area contributed by atoms with Crippen LogP contribution in [0, 0.1) is 0 Å². The average Bonchev–Trinajstić information content (AvgIpc) is 3.55. The molecule has 1 aliphatic rings. The minimum atomic E-state index is -1.46. The van der Waals surface area contributed by atoms with Crippen LogP contribution in [-0.2, 0) is 32.0 Å². The van der Waals surface area contributed by atoms with Crippen LogP contribution in [0.1, 0.15) is 11.1 Å². The van der Waals surface area contributed by atoms with Crippen molar-refractivity contribution in [1.29, 1.82) is 0 Å². The Labute approximate surface area is 235 Å². The first-order valence-corrected chi connectivity index (χ1v) is 9.71. The molecule has 0 bridgehead atoms. The Balaban J connectivity index is 0.00000272. The van der Waals surface area contributed by atoms with Gasteiger partial charge in [0.25, 0.3) is 0 Å². The third kappa shape index (κ3) is 8.86. The molecular formula is C22H21N3Na2O6. The number of rotatable bonds is 10. The van der Waals surface area contributed by atoms with E-state index in [1.54, 1.807) is 60.7 Å². The molecule has 2 aromatic carbocycles. The van der Waals surface area contributed by atoms with E-state index >= 15 is 0 Å². The summed E-state index contributed by atoms with van der Waals surface area (Å²) in [5, 5.41) is 29.8. The van der Waals surface area contributed by atoms with Gasteiger partial charge in [0.1, 0.15) is 12.1 Å². The van der Waals surface area contributed by atoms with E-state index in [1.165, 1.54) is 0 Å². The van der Waals surface area contributed by atoms with Gasteiger partial charge in [-0.15, -0.1) is 0 Å². The topological polar surface area (TPSA) is 160 Å². The molecule has 0 saturated carbocycles. The number of benzene rings is 2. The van der Waals surface area contributed by atoms with E-state index in [9.17, 15) is 29.4 Å². The molecule has 1 saturated heterocycles. The van der Waals surface area contributed by atoms with Crippen LogP contribution in [0.4, 0.5) is 0 Å².